The Kier molecular flexibility index (Phi) is 5.30. The van der Waals surface area contributed by atoms with Gasteiger partial charge in [-0.15, -0.1) is 0 Å². The summed E-state index contributed by atoms with van der Waals surface area (Å²) < 4.78 is 1.76. The zero-order valence-corrected chi connectivity index (χ0v) is 16.5. The average Bonchev–Trinajstić information content (AvgIpc) is 3.18. The van der Waals surface area contributed by atoms with E-state index < -0.39 is 0 Å². The lowest BCUT2D eigenvalue weighted by Gasteiger charge is -2.36. The quantitative estimate of drug-likeness (QED) is 0.679. The van der Waals surface area contributed by atoms with Crippen molar-refractivity contribution in [2.24, 2.45) is 0 Å². The number of anilines is 1. The van der Waals surface area contributed by atoms with Crippen molar-refractivity contribution in [2.45, 2.75) is 13.3 Å². The number of hydrogen-bond donors (Lipinski definition) is 0. The van der Waals surface area contributed by atoms with Crippen molar-refractivity contribution in [1.82, 2.24) is 19.7 Å². The number of carbonyl (C=O) groups is 1. The minimum Gasteiger partial charge on any atom is -0.368 e. The Morgan fingerprint density at radius 1 is 1.11 bits per heavy atom. The maximum Gasteiger partial charge on any atom is 0.257 e. The van der Waals surface area contributed by atoms with Crippen molar-refractivity contribution in [3.8, 4) is 5.82 Å². The number of benzene rings is 1. The molecule has 1 aromatic carbocycles. The second-order valence-electron chi connectivity index (χ2n) is 6.72. The van der Waals surface area contributed by atoms with Gasteiger partial charge in [-0.05, 0) is 36.8 Å². The zero-order chi connectivity index (χ0) is 19.5. The molecule has 1 aliphatic heterocycles. The molecule has 0 radical (unpaired) electrons. The molecule has 28 heavy (non-hydrogen) atoms. The number of halogens is 1. The fourth-order valence-corrected chi connectivity index (χ4v) is 3.76. The van der Waals surface area contributed by atoms with Gasteiger partial charge in [-0.3, -0.25) is 4.79 Å². The van der Waals surface area contributed by atoms with E-state index in [4.69, 9.17) is 11.6 Å². The summed E-state index contributed by atoms with van der Waals surface area (Å²) in [5.41, 5.74) is 2.64. The largest absolute Gasteiger partial charge is 0.368 e. The molecule has 1 saturated heterocycles. The summed E-state index contributed by atoms with van der Waals surface area (Å²) in [5.74, 6) is 0.758. The van der Waals surface area contributed by atoms with Gasteiger partial charge in [-0.2, -0.15) is 5.10 Å². The van der Waals surface area contributed by atoms with Crippen LogP contribution in [0.3, 0.4) is 0 Å². The van der Waals surface area contributed by atoms with Gasteiger partial charge >= 0.3 is 0 Å². The van der Waals surface area contributed by atoms with Gasteiger partial charge in [0.15, 0.2) is 5.82 Å². The number of hydrogen-bond acceptors (Lipinski definition) is 4. The molecule has 0 unspecified atom stereocenters. The number of rotatable bonds is 4. The van der Waals surface area contributed by atoms with E-state index in [1.807, 2.05) is 48.2 Å². The summed E-state index contributed by atoms with van der Waals surface area (Å²) in [4.78, 5) is 21.6. The Labute approximate surface area is 169 Å². The van der Waals surface area contributed by atoms with Crippen LogP contribution in [0.2, 0.25) is 5.02 Å². The first-order valence-electron chi connectivity index (χ1n) is 9.45. The van der Waals surface area contributed by atoms with E-state index in [9.17, 15) is 4.79 Å². The summed E-state index contributed by atoms with van der Waals surface area (Å²) in [6.45, 7) is 4.93. The van der Waals surface area contributed by atoms with Crippen molar-refractivity contribution in [1.29, 1.82) is 0 Å². The standard InChI is InChI=1S/C21H22ClN5O/c1-2-19-18(15-24-27(19)20-8-3-4-9-23-20)21(28)26-12-10-25(11-13-26)17-7-5-6-16(22)14-17/h3-9,14-15H,2,10-13H2,1H3. The van der Waals surface area contributed by atoms with Crippen LogP contribution >= 0.6 is 11.6 Å². The molecule has 6 nitrogen and oxygen atoms in total. The molecule has 7 heteroatoms. The van der Waals surface area contributed by atoms with Gasteiger partial charge in [0.2, 0.25) is 0 Å². The molecule has 1 amide bonds. The molecule has 0 N–H and O–H groups in total. The molecule has 0 atom stereocenters. The molecule has 3 aromatic rings. The van der Waals surface area contributed by atoms with E-state index in [0.717, 1.165) is 35.3 Å². The van der Waals surface area contributed by atoms with Crippen LogP contribution in [0.5, 0.6) is 0 Å². The third kappa shape index (κ3) is 3.60. The topological polar surface area (TPSA) is 54.3 Å². The molecule has 0 spiro atoms. The zero-order valence-electron chi connectivity index (χ0n) is 15.8. The van der Waals surface area contributed by atoms with Crippen molar-refractivity contribution >= 4 is 23.2 Å². The van der Waals surface area contributed by atoms with Gasteiger partial charge in [-0.1, -0.05) is 30.7 Å². The van der Waals surface area contributed by atoms with Crippen molar-refractivity contribution in [3.63, 3.8) is 0 Å². The molecule has 0 saturated carbocycles. The Morgan fingerprint density at radius 2 is 1.93 bits per heavy atom. The van der Waals surface area contributed by atoms with E-state index in [1.165, 1.54) is 0 Å². The third-order valence-electron chi connectivity index (χ3n) is 5.04. The number of piperazine rings is 1. The minimum atomic E-state index is 0.0322. The van der Waals surface area contributed by atoms with Gasteiger partial charge in [0.05, 0.1) is 17.5 Å². The first-order valence-corrected chi connectivity index (χ1v) is 9.83. The fourth-order valence-electron chi connectivity index (χ4n) is 3.58. The lowest BCUT2D eigenvalue weighted by atomic mass is 10.1. The van der Waals surface area contributed by atoms with Crippen LogP contribution in [0.25, 0.3) is 5.82 Å². The molecule has 144 valence electrons. The number of carbonyl (C=O) groups excluding carboxylic acids is 1. The second-order valence-corrected chi connectivity index (χ2v) is 7.15. The van der Waals surface area contributed by atoms with E-state index in [1.54, 1.807) is 17.1 Å². The van der Waals surface area contributed by atoms with Gasteiger partial charge in [-0.25, -0.2) is 9.67 Å². The van der Waals surface area contributed by atoms with Crippen molar-refractivity contribution in [3.05, 3.63) is 71.1 Å². The molecule has 1 aliphatic rings. The number of aromatic nitrogens is 3. The number of pyridine rings is 1. The van der Waals surface area contributed by atoms with Crippen LogP contribution < -0.4 is 4.90 Å². The summed E-state index contributed by atoms with van der Waals surface area (Å²) in [5, 5.41) is 5.15. The Morgan fingerprint density at radius 3 is 2.61 bits per heavy atom. The van der Waals surface area contributed by atoms with Crippen LogP contribution in [0.15, 0.2) is 54.9 Å². The van der Waals surface area contributed by atoms with Crippen molar-refractivity contribution in [2.75, 3.05) is 31.1 Å². The van der Waals surface area contributed by atoms with Crippen molar-refractivity contribution < 1.29 is 4.79 Å². The summed E-state index contributed by atoms with van der Waals surface area (Å²) in [6, 6.07) is 13.5. The predicted molar refractivity (Wildman–Crippen MR) is 110 cm³/mol. The normalized spacial score (nSPS) is 14.4. The van der Waals surface area contributed by atoms with Crippen LogP contribution in [0.1, 0.15) is 23.0 Å². The molecular weight excluding hydrogens is 374 g/mol. The SMILES string of the molecule is CCc1c(C(=O)N2CCN(c3cccc(Cl)c3)CC2)cnn1-c1ccccn1. The highest BCUT2D eigenvalue weighted by Crippen LogP contribution is 2.22. The highest BCUT2D eigenvalue weighted by Gasteiger charge is 2.26. The van der Waals surface area contributed by atoms with Gasteiger partial charge in [0, 0.05) is 43.1 Å². The Balaban J connectivity index is 1.49. The highest BCUT2D eigenvalue weighted by atomic mass is 35.5. The van der Waals surface area contributed by atoms with Gasteiger partial charge in [0.1, 0.15) is 0 Å². The van der Waals surface area contributed by atoms with Crippen LogP contribution in [0.4, 0.5) is 5.69 Å². The van der Waals surface area contributed by atoms with E-state index in [2.05, 4.69) is 21.0 Å². The first-order chi connectivity index (χ1) is 13.7. The molecule has 1 fully saturated rings. The minimum absolute atomic E-state index is 0.0322. The second kappa shape index (κ2) is 8.02. The van der Waals surface area contributed by atoms with Crippen LogP contribution in [0, 0.1) is 0 Å². The fraction of sp³-hybridized carbons (Fsp3) is 0.286. The molecule has 2 aromatic heterocycles. The molecule has 0 bridgehead atoms. The number of amides is 1. The lowest BCUT2D eigenvalue weighted by Crippen LogP contribution is -2.48. The molecular formula is C21H22ClN5O. The lowest BCUT2D eigenvalue weighted by molar-refractivity contribution is 0.0745. The molecule has 4 rings (SSSR count). The van der Waals surface area contributed by atoms with Crippen LogP contribution in [-0.2, 0) is 6.42 Å². The maximum absolute atomic E-state index is 13.1. The highest BCUT2D eigenvalue weighted by molar-refractivity contribution is 6.30. The van der Waals surface area contributed by atoms with E-state index >= 15 is 0 Å². The maximum atomic E-state index is 13.1. The summed E-state index contributed by atoms with van der Waals surface area (Å²) >= 11 is 6.10. The monoisotopic (exact) mass is 395 g/mol. The molecule has 3 heterocycles. The van der Waals surface area contributed by atoms with Gasteiger partial charge in [0.25, 0.3) is 5.91 Å². The Bertz CT molecular complexity index is 964. The summed E-state index contributed by atoms with van der Waals surface area (Å²) in [6.07, 6.45) is 4.10. The summed E-state index contributed by atoms with van der Waals surface area (Å²) in [7, 11) is 0. The van der Waals surface area contributed by atoms with Gasteiger partial charge < -0.3 is 9.80 Å². The molecule has 0 aliphatic carbocycles. The van der Waals surface area contributed by atoms with E-state index in [0.29, 0.717) is 25.1 Å². The predicted octanol–water partition coefficient (Wildman–Crippen LogP) is 3.45. The van der Waals surface area contributed by atoms with Crippen LogP contribution in [-0.4, -0.2) is 51.8 Å². The smallest absolute Gasteiger partial charge is 0.257 e. The average molecular weight is 396 g/mol. The first kappa shape index (κ1) is 18.5. The van der Waals surface area contributed by atoms with E-state index in [-0.39, 0.29) is 5.91 Å². The number of nitrogens with zero attached hydrogens (tertiary/aromatic N) is 5. The third-order valence-corrected chi connectivity index (χ3v) is 5.28. The Hall–Kier alpha value is -2.86.